The number of carbonyl (C=O) groups excluding carboxylic acids is 1. The summed E-state index contributed by atoms with van der Waals surface area (Å²) in [7, 11) is 0. The topological polar surface area (TPSA) is 29.5 Å². The van der Waals surface area contributed by atoms with Gasteiger partial charge < -0.3 is 4.74 Å². The van der Waals surface area contributed by atoms with Gasteiger partial charge in [-0.3, -0.25) is 9.69 Å². The van der Waals surface area contributed by atoms with Crippen LogP contribution < -0.4 is 4.74 Å². The largest absolute Gasteiger partial charge is 0.492 e. The van der Waals surface area contributed by atoms with E-state index in [2.05, 4.69) is 18.7 Å². The molecule has 0 aliphatic rings. The molecular formula is C23H29NO2. The Kier molecular flexibility index (Phi) is 8.64. The fourth-order valence-corrected chi connectivity index (χ4v) is 2.81. The van der Waals surface area contributed by atoms with Gasteiger partial charge >= 0.3 is 0 Å². The maximum Gasteiger partial charge on any atom is 0.185 e. The van der Waals surface area contributed by atoms with E-state index in [1.165, 1.54) is 0 Å². The maximum atomic E-state index is 12.2. The average molecular weight is 351 g/mol. The number of hydrogen-bond acceptors (Lipinski definition) is 3. The molecule has 0 aromatic heterocycles. The summed E-state index contributed by atoms with van der Waals surface area (Å²) >= 11 is 0. The van der Waals surface area contributed by atoms with Crippen molar-refractivity contribution in [3.8, 4) is 5.75 Å². The van der Waals surface area contributed by atoms with Crippen LogP contribution in [-0.2, 0) is 0 Å². The van der Waals surface area contributed by atoms with E-state index in [9.17, 15) is 4.79 Å². The first-order valence-electron chi connectivity index (χ1n) is 9.45. The first-order chi connectivity index (χ1) is 12.7. The summed E-state index contributed by atoms with van der Waals surface area (Å²) in [6.07, 6.45) is 5.77. The van der Waals surface area contributed by atoms with Gasteiger partial charge in [-0.2, -0.15) is 0 Å². The zero-order valence-corrected chi connectivity index (χ0v) is 15.9. The van der Waals surface area contributed by atoms with Crippen LogP contribution in [0, 0.1) is 0 Å². The Morgan fingerprint density at radius 3 is 2.19 bits per heavy atom. The monoisotopic (exact) mass is 351 g/mol. The number of allylic oxidation sites excluding steroid dienone is 1. The smallest absolute Gasteiger partial charge is 0.185 e. The van der Waals surface area contributed by atoms with Crippen molar-refractivity contribution in [3.05, 3.63) is 71.8 Å². The van der Waals surface area contributed by atoms with Gasteiger partial charge in [0.25, 0.3) is 0 Å². The third-order valence-corrected chi connectivity index (χ3v) is 4.12. The fourth-order valence-electron chi connectivity index (χ4n) is 2.81. The number of ether oxygens (including phenoxy) is 1. The lowest BCUT2D eigenvalue weighted by molar-refractivity contribution is 0.104. The lowest BCUT2D eigenvalue weighted by Crippen LogP contribution is -2.30. The number of ketones is 1. The molecule has 2 aromatic carbocycles. The third-order valence-electron chi connectivity index (χ3n) is 4.12. The predicted octanol–water partition coefficient (Wildman–Crippen LogP) is 5.08. The van der Waals surface area contributed by atoms with E-state index in [0.717, 1.165) is 43.8 Å². The minimum absolute atomic E-state index is 0.00234. The van der Waals surface area contributed by atoms with Gasteiger partial charge in [0.1, 0.15) is 12.4 Å². The number of hydrogen-bond donors (Lipinski definition) is 0. The minimum Gasteiger partial charge on any atom is -0.492 e. The molecule has 3 nitrogen and oxygen atoms in total. The van der Waals surface area contributed by atoms with E-state index in [1.807, 2.05) is 60.7 Å². The van der Waals surface area contributed by atoms with Crippen LogP contribution in [0.5, 0.6) is 5.75 Å². The zero-order valence-electron chi connectivity index (χ0n) is 15.9. The molecule has 0 atom stereocenters. The highest BCUT2D eigenvalue weighted by Crippen LogP contribution is 2.14. The fraction of sp³-hybridized carbons (Fsp3) is 0.348. The number of nitrogens with zero attached hydrogens (tertiary/aromatic N) is 1. The molecule has 0 aliphatic heterocycles. The molecule has 0 amide bonds. The highest BCUT2D eigenvalue weighted by atomic mass is 16.5. The van der Waals surface area contributed by atoms with Gasteiger partial charge in [0, 0.05) is 12.1 Å². The van der Waals surface area contributed by atoms with Crippen LogP contribution in [0.1, 0.15) is 42.6 Å². The van der Waals surface area contributed by atoms with Crippen LogP contribution in [-0.4, -0.2) is 36.9 Å². The number of benzene rings is 2. The van der Waals surface area contributed by atoms with E-state index < -0.39 is 0 Å². The average Bonchev–Trinajstić information content (AvgIpc) is 2.68. The lowest BCUT2D eigenvalue weighted by Gasteiger charge is -2.20. The molecule has 26 heavy (non-hydrogen) atoms. The summed E-state index contributed by atoms with van der Waals surface area (Å²) in [4.78, 5) is 14.7. The molecule has 0 spiro atoms. The molecule has 2 rings (SSSR count). The second-order valence-corrected chi connectivity index (χ2v) is 6.32. The lowest BCUT2D eigenvalue weighted by atomic mass is 10.1. The van der Waals surface area contributed by atoms with Gasteiger partial charge in [0.15, 0.2) is 5.78 Å². The van der Waals surface area contributed by atoms with Gasteiger partial charge in [0.2, 0.25) is 0 Å². The Bertz CT molecular complexity index is 671. The molecular weight excluding hydrogens is 322 g/mol. The SMILES string of the molecule is CCCN(CCC)CCOc1ccc(C(=O)/C=C/c2ccccc2)cc1. The van der Waals surface area contributed by atoms with Crippen molar-refractivity contribution >= 4 is 11.9 Å². The van der Waals surface area contributed by atoms with E-state index in [0.29, 0.717) is 12.2 Å². The highest BCUT2D eigenvalue weighted by Gasteiger charge is 2.04. The van der Waals surface area contributed by atoms with Gasteiger partial charge in [-0.05, 0) is 61.8 Å². The summed E-state index contributed by atoms with van der Waals surface area (Å²) in [6.45, 7) is 8.22. The van der Waals surface area contributed by atoms with Crippen LogP contribution in [0.4, 0.5) is 0 Å². The van der Waals surface area contributed by atoms with Crippen molar-refractivity contribution < 1.29 is 9.53 Å². The predicted molar refractivity (Wildman–Crippen MR) is 109 cm³/mol. The first kappa shape index (κ1) is 19.9. The van der Waals surface area contributed by atoms with E-state index >= 15 is 0 Å². The van der Waals surface area contributed by atoms with Crippen molar-refractivity contribution in [1.82, 2.24) is 4.90 Å². The number of rotatable bonds is 11. The van der Waals surface area contributed by atoms with Gasteiger partial charge in [-0.1, -0.05) is 50.3 Å². The van der Waals surface area contributed by atoms with E-state index in [1.54, 1.807) is 6.08 Å². The number of carbonyl (C=O) groups is 1. The van der Waals surface area contributed by atoms with Crippen LogP contribution >= 0.6 is 0 Å². The van der Waals surface area contributed by atoms with E-state index in [4.69, 9.17) is 4.74 Å². The maximum absolute atomic E-state index is 12.2. The molecule has 2 aromatic rings. The van der Waals surface area contributed by atoms with Crippen LogP contribution in [0.15, 0.2) is 60.7 Å². The molecule has 0 fully saturated rings. The normalized spacial score (nSPS) is 11.2. The quantitative estimate of drug-likeness (QED) is 0.417. The molecule has 0 saturated heterocycles. The second kappa shape index (κ2) is 11.3. The zero-order chi connectivity index (χ0) is 18.6. The van der Waals surface area contributed by atoms with Crippen molar-refractivity contribution in [3.63, 3.8) is 0 Å². The van der Waals surface area contributed by atoms with Crippen LogP contribution in [0.3, 0.4) is 0 Å². The van der Waals surface area contributed by atoms with Crippen molar-refractivity contribution in [1.29, 1.82) is 0 Å². The minimum atomic E-state index is -0.00234. The first-order valence-corrected chi connectivity index (χ1v) is 9.45. The molecule has 138 valence electrons. The highest BCUT2D eigenvalue weighted by molar-refractivity contribution is 6.06. The Morgan fingerprint density at radius 1 is 0.923 bits per heavy atom. The molecule has 0 aliphatic carbocycles. The Labute approximate surface area is 157 Å². The summed E-state index contributed by atoms with van der Waals surface area (Å²) in [5.74, 6) is 0.805. The van der Waals surface area contributed by atoms with Crippen LogP contribution in [0.25, 0.3) is 6.08 Å². The molecule has 0 N–H and O–H groups in total. The summed E-state index contributed by atoms with van der Waals surface area (Å²) in [6, 6.07) is 17.2. The molecule has 0 heterocycles. The Morgan fingerprint density at radius 2 is 1.58 bits per heavy atom. The summed E-state index contributed by atoms with van der Waals surface area (Å²) < 4.78 is 5.82. The molecule has 0 saturated carbocycles. The van der Waals surface area contributed by atoms with Crippen molar-refractivity contribution in [2.24, 2.45) is 0 Å². The second-order valence-electron chi connectivity index (χ2n) is 6.32. The van der Waals surface area contributed by atoms with E-state index in [-0.39, 0.29) is 5.78 Å². The Balaban J connectivity index is 1.83. The molecule has 0 unspecified atom stereocenters. The molecule has 3 heteroatoms. The van der Waals surface area contributed by atoms with Crippen molar-refractivity contribution in [2.45, 2.75) is 26.7 Å². The molecule has 0 bridgehead atoms. The standard InChI is InChI=1S/C23H29NO2/c1-3-16-24(17-4-2)18-19-26-22-13-11-21(12-14-22)23(25)15-10-20-8-6-5-7-9-20/h5-15H,3-4,16-19H2,1-2H3/b15-10+. The van der Waals surface area contributed by atoms with Crippen LogP contribution in [0.2, 0.25) is 0 Å². The van der Waals surface area contributed by atoms with Gasteiger partial charge in [-0.15, -0.1) is 0 Å². The summed E-state index contributed by atoms with van der Waals surface area (Å²) in [5, 5.41) is 0. The van der Waals surface area contributed by atoms with Crippen molar-refractivity contribution in [2.75, 3.05) is 26.2 Å². The van der Waals surface area contributed by atoms with Gasteiger partial charge in [0.05, 0.1) is 0 Å². The third kappa shape index (κ3) is 6.85. The summed E-state index contributed by atoms with van der Waals surface area (Å²) in [5.41, 5.74) is 1.69. The van der Waals surface area contributed by atoms with Gasteiger partial charge in [-0.25, -0.2) is 0 Å². The Hall–Kier alpha value is -2.39. The molecule has 0 radical (unpaired) electrons.